The zero-order chi connectivity index (χ0) is 15.2. The van der Waals surface area contributed by atoms with Gasteiger partial charge >= 0.3 is 0 Å². The third kappa shape index (κ3) is 3.65. The molecule has 0 fully saturated rings. The number of hydrogen-bond acceptors (Lipinski definition) is 4. The van der Waals surface area contributed by atoms with Crippen LogP contribution in [0, 0.1) is 0 Å². The Hall–Kier alpha value is -2.33. The molecule has 0 saturated heterocycles. The van der Waals surface area contributed by atoms with E-state index in [2.05, 4.69) is 27.8 Å². The van der Waals surface area contributed by atoms with Crippen LogP contribution in [0.3, 0.4) is 0 Å². The molecule has 2 aromatic carbocycles. The zero-order valence-electron chi connectivity index (χ0n) is 12.5. The SMILES string of the molecule is CCOc1ccc(-c2csc(NCc3ccccc3)n2)cc1. The summed E-state index contributed by atoms with van der Waals surface area (Å²) in [5.41, 5.74) is 3.34. The minimum absolute atomic E-state index is 0.684. The summed E-state index contributed by atoms with van der Waals surface area (Å²) in [5.74, 6) is 0.893. The lowest BCUT2D eigenvalue weighted by Crippen LogP contribution is -1.98. The monoisotopic (exact) mass is 310 g/mol. The number of nitrogens with one attached hydrogen (secondary N) is 1. The summed E-state index contributed by atoms with van der Waals surface area (Å²) >= 11 is 1.62. The van der Waals surface area contributed by atoms with E-state index in [0.717, 1.165) is 28.7 Å². The van der Waals surface area contributed by atoms with E-state index in [1.807, 2.05) is 49.4 Å². The molecule has 4 heteroatoms. The molecular weight excluding hydrogens is 292 g/mol. The fourth-order valence-electron chi connectivity index (χ4n) is 2.15. The molecule has 112 valence electrons. The molecule has 0 atom stereocenters. The van der Waals surface area contributed by atoms with Crippen LogP contribution >= 0.6 is 11.3 Å². The van der Waals surface area contributed by atoms with Crippen LogP contribution in [-0.4, -0.2) is 11.6 Å². The number of nitrogens with zero attached hydrogens (tertiary/aromatic N) is 1. The number of ether oxygens (including phenoxy) is 1. The zero-order valence-corrected chi connectivity index (χ0v) is 13.3. The quantitative estimate of drug-likeness (QED) is 0.708. The molecule has 0 saturated carbocycles. The summed E-state index contributed by atoms with van der Waals surface area (Å²) in [7, 11) is 0. The summed E-state index contributed by atoms with van der Waals surface area (Å²) in [5, 5.41) is 6.38. The predicted molar refractivity (Wildman–Crippen MR) is 92.5 cm³/mol. The van der Waals surface area contributed by atoms with Crippen LogP contribution in [0.1, 0.15) is 12.5 Å². The Bertz CT molecular complexity index is 707. The van der Waals surface area contributed by atoms with E-state index < -0.39 is 0 Å². The summed E-state index contributed by atoms with van der Waals surface area (Å²) in [6.07, 6.45) is 0. The van der Waals surface area contributed by atoms with Crippen molar-refractivity contribution in [3.63, 3.8) is 0 Å². The van der Waals surface area contributed by atoms with E-state index in [1.54, 1.807) is 11.3 Å². The number of aromatic nitrogens is 1. The van der Waals surface area contributed by atoms with E-state index in [9.17, 15) is 0 Å². The molecule has 3 nitrogen and oxygen atoms in total. The lowest BCUT2D eigenvalue weighted by atomic mass is 10.2. The number of hydrogen-bond donors (Lipinski definition) is 1. The topological polar surface area (TPSA) is 34.1 Å². The molecule has 3 aromatic rings. The van der Waals surface area contributed by atoms with E-state index in [1.165, 1.54) is 5.56 Å². The number of rotatable bonds is 6. The van der Waals surface area contributed by atoms with Gasteiger partial charge in [-0.3, -0.25) is 0 Å². The smallest absolute Gasteiger partial charge is 0.183 e. The van der Waals surface area contributed by atoms with Gasteiger partial charge in [0.2, 0.25) is 0 Å². The lowest BCUT2D eigenvalue weighted by Gasteiger charge is -2.03. The lowest BCUT2D eigenvalue weighted by molar-refractivity contribution is 0.340. The molecule has 0 bridgehead atoms. The molecule has 0 radical (unpaired) electrons. The van der Waals surface area contributed by atoms with Gasteiger partial charge in [0.15, 0.2) is 5.13 Å². The van der Waals surface area contributed by atoms with Crippen molar-refractivity contribution < 1.29 is 4.74 Å². The van der Waals surface area contributed by atoms with Crippen LogP contribution in [0.15, 0.2) is 60.0 Å². The van der Waals surface area contributed by atoms with Gasteiger partial charge in [-0.15, -0.1) is 11.3 Å². The van der Waals surface area contributed by atoms with Crippen molar-refractivity contribution in [3.05, 3.63) is 65.5 Å². The van der Waals surface area contributed by atoms with Gasteiger partial charge in [0.1, 0.15) is 5.75 Å². The first kappa shape index (κ1) is 14.6. The third-order valence-corrected chi connectivity index (χ3v) is 4.05. The Labute approximate surface area is 134 Å². The molecule has 0 aliphatic rings. The summed E-state index contributed by atoms with van der Waals surface area (Å²) in [6, 6.07) is 18.4. The minimum Gasteiger partial charge on any atom is -0.494 e. The van der Waals surface area contributed by atoms with Gasteiger partial charge in [-0.1, -0.05) is 30.3 Å². The van der Waals surface area contributed by atoms with Gasteiger partial charge in [-0.2, -0.15) is 0 Å². The fourth-order valence-corrected chi connectivity index (χ4v) is 2.87. The maximum Gasteiger partial charge on any atom is 0.183 e. The summed E-state index contributed by atoms with van der Waals surface area (Å²) < 4.78 is 5.46. The second-order valence-corrected chi connectivity index (χ2v) is 5.69. The Balaban J connectivity index is 1.65. The second kappa shape index (κ2) is 7.09. The highest BCUT2D eigenvalue weighted by molar-refractivity contribution is 7.14. The molecule has 1 N–H and O–H groups in total. The Morgan fingerprint density at radius 3 is 2.55 bits per heavy atom. The highest BCUT2D eigenvalue weighted by Gasteiger charge is 2.05. The third-order valence-electron chi connectivity index (χ3n) is 3.25. The van der Waals surface area contributed by atoms with Crippen molar-refractivity contribution in [1.29, 1.82) is 0 Å². The van der Waals surface area contributed by atoms with Crippen LogP contribution in [-0.2, 0) is 6.54 Å². The van der Waals surface area contributed by atoms with Crippen molar-refractivity contribution in [2.75, 3.05) is 11.9 Å². The molecule has 0 aliphatic heterocycles. The van der Waals surface area contributed by atoms with Crippen LogP contribution in [0.5, 0.6) is 5.75 Å². The standard InChI is InChI=1S/C18H18N2OS/c1-2-21-16-10-8-15(9-11-16)17-13-22-18(20-17)19-12-14-6-4-3-5-7-14/h3-11,13H,2,12H2,1H3,(H,19,20). The molecular formula is C18H18N2OS. The maximum absolute atomic E-state index is 5.46. The highest BCUT2D eigenvalue weighted by atomic mass is 32.1. The minimum atomic E-state index is 0.684. The predicted octanol–water partition coefficient (Wildman–Crippen LogP) is 4.82. The molecule has 22 heavy (non-hydrogen) atoms. The molecule has 0 aliphatic carbocycles. The fraction of sp³-hybridized carbons (Fsp3) is 0.167. The Morgan fingerprint density at radius 1 is 1.05 bits per heavy atom. The molecule has 0 unspecified atom stereocenters. The summed E-state index contributed by atoms with van der Waals surface area (Å²) in [6.45, 7) is 3.46. The molecule has 0 spiro atoms. The maximum atomic E-state index is 5.46. The largest absolute Gasteiger partial charge is 0.494 e. The van der Waals surface area contributed by atoms with Crippen LogP contribution in [0.4, 0.5) is 5.13 Å². The second-order valence-electron chi connectivity index (χ2n) is 4.83. The average Bonchev–Trinajstić information content (AvgIpc) is 3.04. The van der Waals surface area contributed by atoms with Gasteiger partial charge in [-0.25, -0.2) is 4.98 Å². The number of benzene rings is 2. The normalized spacial score (nSPS) is 10.4. The van der Waals surface area contributed by atoms with Crippen LogP contribution < -0.4 is 10.1 Å². The molecule has 3 rings (SSSR count). The van der Waals surface area contributed by atoms with E-state index in [0.29, 0.717) is 6.61 Å². The van der Waals surface area contributed by atoms with Crippen molar-refractivity contribution >= 4 is 16.5 Å². The first-order valence-electron chi connectivity index (χ1n) is 7.31. The van der Waals surface area contributed by atoms with E-state index in [-0.39, 0.29) is 0 Å². The molecule has 1 aromatic heterocycles. The Kier molecular flexibility index (Phi) is 4.71. The van der Waals surface area contributed by atoms with Crippen LogP contribution in [0.2, 0.25) is 0 Å². The average molecular weight is 310 g/mol. The van der Waals surface area contributed by atoms with Gasteiger partial charge in [0.25, 0.3) is 0 Å². The van der Waals surface area contributed by atoms with E-state index in [4.69, 9.17) is 4.74 Å². The number of thiazole rings is 1. The first-order valence-corrected chi connectivity index (χ1v) is 8.19. The van der Waals surface area contributed by atoms with Gasteiger partial charge in [0, 0.05) is 17.5 Å². The molecule has 0 amide bonds. The van der Waals surface area contributed by atoms with Crippen molar-refractivity contribution in [3.8, 4) is 17.0 Å². The Morgan fingerprint density at radius 2 is 1.82 bits per heavy atom. The van der Waals surface area contributed by atoms with E-state index >= 15 is 0 Å². The molecule has 1 heterocycles. The van der Waals surface area contributed by atoms with Gasteiger partial charge < -0.3 is 10.1 Å². The van der Waals surface area contributed by atoms with Gasteiger partial charge in [0.05, 0.1) is 12.3 Å². The highest BCUT2D eigenvalue weighted by Crippen LogP contribution is 2.26. The van der Waals surface area contributed by atoms with Gasteiger partial charge in [-0.05, 0) is 36.8 Å². The van der Waals surface area contributed by atoms with Crippen molar-refractivity contribution in [1.82, 2.24) is 4.98 Å². The summed E-state index contributed by atoms with van der Waals surface area (Å²) in [4.78, 5) is 4.64. The van der Waals surface area contributed by atoms with Crippen molar-refractivity contribution in [2.24, 2.45) is 0 Å². The number of anilines is 1. The van der Waals surface area contributed by atoms with Crippen LogP contribution in [0.25, 0.3) is 11.3 Å². The van der Waals surface area contributed by atoms with Crippen molar-refractivity contribution in [2.45, 2.75) is 13.5 Å². The first-order chi connectivity index (χ1) is 10.8.